The minimum Gasteiger partial charge on any atom is -0.504 e. The molecule has 1 spiro atoms. The molecule has 39 heavy (non-hydrogen) atoms. The maximum absolute atomic E-state index is 12.8. The minimum atomic E-state index is -2.59. The third kappa shape index (κ3) is 3.85. The van der Waals surface area contributed by atoms with Crippen LogP contribution in [0.25, 0.3) is 0 Å². The summed E-state index contributed by atoms with van der Waals surface area (Å²) in [5.41, 5.74) is -0.940. The first-order valence-corrected chi connectivity index (χ1v) is 12.2. The summed E-state index contributed by atoms with van der Waals surface area (Å²) in [5.74, 6) is -6.76. The number of nitrogens with zero attached hydrogens (tertiary/aromatic N) is 1. The Labute approximate surface area is 220 Å². The normalized spacial score (nSPS) is 30.6. The fourth-order valence-corrected chi connectivity index (χ4v) is 6.42. The molecule has 2 bridgehead atoms. The van der Waals surface area contributed by atoms with Gasteiger partial charge in [0.1, 0.15) is 5.76 Å². The Morgan fingerprint density at radius 1 is 1.15 bits per heavy atom. The van der Waals surface area contributed by atoms with Gasteiger partial charge in [-0.2, -0.15) is 0 Å². The predicted molar refractivity (Wildman–Crippen MR) is 124 cm³/mol. The summed E-state index contributed by atoms with van der Waals surface area (Å²) in [6.07, 6.45) is -7.13. The van der Waals surface area contributed by atoms with Gasteiger partial charge in [-0.05, 0) is 44.1 Å². The van der Waals surface area contributed by atoms with Crippen molar-refractivity contribution in [3.63, 3.8) is 0 Å². The number of carboxylic acids is 2. The number of hydrogen-bond acceptors (Lipinski definition) is 12. The first-order chi connectivity index (χ1) is 18.3. The van der Waals surface area contributed by atoms with Gasteiger partial charge in [-0.15, -0.1) is 0 Å². The number of piperidine rings is 1. The summed E-state index contributed by atoms with van der Waals surface area (Å²) in [7, 11) is 1.90. The van der Waals surface area contributed by atoms with Crippen LogP contribution in [0.4, 0.5) is 0 Å². The number of likely N-dealkylation sites (N-methyl/N-ethyl adjacent to an activating group) is 1. The van der Waals surface area contributed by atoms with E-state index >= 15 is 0 Å². The molecule has 0 aromatic heterocycles. The summed E-state index contributed by atoms with van der Waals surface area (Å²) in [5, 5.41) is 60.8. The average Bonchev–Trinajstić information content (AvgIpc) is 3.23. The van der Waals surface area contributed by atoms with Crippen LogP contribution in [0, 0.1) is 0 Å². The fourth-order valence-electron chi connectivity index (χ4n) is 6.42. The average molecular weight is 549 g/mol. The van der Waals surface area contributed by atoms with Crippen molar-refractivity contribution in [3.05, 3.63) is 35.1 Å². The quantitative estimate of drug-likeness (QED) is 0.201. The van der Waals surface area contributed by atoms with Gasteiger partial charge >= 0.3 is 23.9 Å². The molecule has 4 aliphatic rings. The minimum absolute atomic E-state index is 0.0369. The largest absolute Gasteiger partial charge is 0.504 e. The second kappa shape index (κ2) is 9.19. The number of carboxylic acid groups (broad SMARTS) is 2. The first kappa shape index (κ1) is 26.9. The Balaban J connectivity index is 1.39. The topological polar surface area (TPSA) is 221 Å². The predicted octanol–water partition coefficient (Wildman–Crippen LogP) is -1.59. The lowest BCUT2D eigenvalue weighted by atomic mass is 9.50. The van der Waals surface area contributed by atoms with Crippen molar-refractivity contribution < 1.29 is 64.0 Å². The van der Waals surface area contributed by atoms with Crippen LogP contribution in [-0.2, 0) is 40.5 Å². The molecule has 2 aliphatic heterocycles. The van der Waals surface area contributed by atoms with Crippen LogP contribution in [0.3, 0.4) is 0 Å². The van der Waals surface area contributed by atoms with Crippen LogP contribution in [-0.4, -0.2) is 109 Å². The van der Waals surface area contributed by atoms with E-state index in [-0.39, 0.29) is 29.7 Å². The lowest BCUT2D eigenvalue weighted by Gasteiger charge is -2.61. The van der Waals surface area contributed by atoms with E-state index in [1.807, 2.05) is 11.9 Å². The summed E-state index contributed by atoms with van der Waals surface area (Å²) in [6, 6.07) is 2.94. The van der Waals surface area contributed by atoms with Crippen molar-refractivity contribution in [3.8, 4) is 11.5 Å². The van der Waals surface area contributed by atoms with Crippen molar-refractivity contribution in [2.75, 3.05) is 13.6 Å². The summed E-state index contributed by atoms with van der Waals surface area (Å²) < 4.78 is 15.9. The van der Waals surface area contributed by atoms with E-state index in [0.717, 1.165) is 5.56 Å². The van der Waals surface area contributed by atoms with E-state index in [4.69, 9.17) is 19.7 Å². The molecular weight excluding hydrogens is 522 g/mol. The standard InChI is InChI=1S/C25H27NO13/c1-26-7-6-24-16-10-2-3-11(27)19(16)39-20(24)12(4-5-25(24,36)14(26)8-10)37-22(34)17(30)18(31)23(35)38-13(21(32)33)9-15(28)29/h2-4,13-14,17-18,20,27,30-31,36H,5-9H2,1H3,(H,28,29)(H,32,33)/t13?,14-,17-,18-,20+,24+,25-/m1/s1. The van der Waals surface area contributed by atoms with Crippen molar-refractivity contribution in [1.82, 2.24) is 4.90 Å². The molecule has 14 nitrogen and oxygen atoms in total. The molecule has 7 atom stereocenters. The second-order valence-electron chi connectivity index (χ2n) is 10.3. The molecule has 5 rings (SSSR count). The van der Waals surface area contributed by atoms with Crippen LogP contribution in [0.15, 0.2) is 24.0 Å². The maximum Gasteiger partial charge on any atom is 0.345 e. The molecule has 0 amide bonds. The number of aliphatic hydroxyl groups excluding tert-OH is 2. The number of benzene rings is 1. The van der Waals surface area contributed by atoms with Gasteiger partial charge in [-0.3, -0.25) is 4.79 Å². The SMILES string of the molecule is CN1CC[C@]23c4c5ccc(O)c4O[C@H]2C(OC(=O)[C@H](O)[C@@H](O)C(=O)OC(CC(=O)O)C(=O)O)=CC[C@@]3(O)[C@H]1C5. The molecule has 210 valence electrons. The summed E-state index contributed by atoms with van der Waals surface area (Å²) in [4.78, 5) is 48.9. The molecule has 1 aromatic carbocycles. The van der Waals surface area contributed by atoms with Gasteiger partial charge in [-0.1, -0.05) is 6.07 Å². The van der Waals surface area contributed by atoms with E-state index in [1.165, 1.54) is 12.1 Å². The number of ether oxygens (including phenoxy) is 3. The molecule has 14 heteroatoms. The number of esters is 2. The first-order valence-electron chi connectivity index (χ1n) is 12.2. The number of carbonyl (C=O) groups is 4. The van der Waals surface area contributed by atoms with Crippen LogP contribution in [0.2, 0.25) is 0 Å². The van der Waals surface area contributed by atoms with Gasteiger partial charge in [0.25, 0.3) is 0 Å². The monoisotopic (exact) mass is 549 g/mol. The van der Waals surface area contributed by atoms with Crippen molar-refractivity contribution in [1.29, 1.82) is 0 Å². The van der Waals surface area contributed by atoms with Gasteiger partial charge in [0.05, 0.1) is 17.4 Å². The van der Waals surface area contributed by atoms with Gasteiger partial charge in [0.2, 0.25) is 6.10 Å². The lowest BCUT2D eigenvalue weighted by Crippen LogP contribution is -2.74. The lowest BCUT2D eigenvalue weighted by molar-refractivity contribution is -0.184. The second-order valence-corrected chi connectivity index (χ2v) is 10.3. The van der Waals surface area contributed by atoms with Crippen LogP contribution in [0.1, 0.15) is 30.4 Å². The highest BCUT2D eigenvalue weighted by atomic mass is 16.6. The van der Waals surface area contributed by atoms with E-state index in [0.29, 0.717) is 24.9 Å². The fraction of sp³-hybridized carbons (Fsp3) is 0.520. The van der Waals surface area contributed by atoms with Crippen LogP contribution >= 0.6 is 0 Å². The van der Waals surface area contributed by atoms with Gasteiger partial charge in [0.15, 0.2) is 29.8 Å². The van der Waals surface area contributed by atoms with Crippen LogP contribution in [0.5, 0.6) is 11.5 Å². The van der Waals surface area contributed by atoms with Gasteiger partial charge < -0.3 is 49.7 Å². The molecule has 1 saturated heterocycles. The van der Waals surface area contributed by atoms with E-state index in [1.54, 1.807) is 6.07 Å². The molecule has 1 unspecified atom stereocenters. The number of phenolic OH excluding ortho intramolecular Hbond substituents is 1. The molecule has 1 fully saturated rings. The third-order valence-electron chi connectivity index (χ3n) is 8.25. The highest BCUT2D eigenvalue weighted by molar-refractivity contribution is 5.88. The molecule has 0 radical (unpaired) electrons. The number of aromatic hydroxyl groups is 1. The Morgan fingerprint density at radius 3 is 2.51 bits per heavy atom. The highest BCUT2D eigenvalue weighted by Crippen LogP contribution is 2.65. The molecule has 0 saturated carbocycles. The maximum atomic E-state index is 12.8. The Bertz CT molecular complexity index is 1290. The molecule has 2 heterocycles. The van der Waals surface area contributed by atoms with E-state index in [9.17, 15) is 39.6 Å². The summed E-state index contributed by atoms with van der Waals surface area (Å²) in [6.45, 7) is 0.566. The van der Waals surface area contributed by atoms with Gasteiger partial charge in [-0.25, -0.2) is 14.4 Å². The van der Waals surface area contributed by atoms with Crippen molar-refractivity contribution >= 4 is 23.9 Å². The summed E-state index contributed by atoms with van der Waals surface area (Å²) >= 11 is 0. The Morgan fingerprint density at radius 2 is 1.85 bits per heavy atom. The number of hydrogen-bond donors (Lipinski definition) is 6. The zero-order chi connectivity index (χ0) is 28.4. The zero-order valence-corrected chi connectivity index (χ0v) is 20.6. The van der Waals surface area contributed by atoms with E-state index in [2.05, 4.69) is 4.74 Å². The number of aliphatic hydroxyl groups is 3. The Hall–Kier alpha value is -3.72. The molecular formula is C25H27NO13. The molecule has 6 N–H and O–H groups in total. The smallest absolute Gasteiger partial charge is 0.345 e. The van der Waals surface area contributed by atoms with Crippen LogP contribution < -0.4 is 4.74 Å². The Kier molecular flexibility index (Phi) is 6.33. The third-order valence-corrected chi connectivity index (χ3v) is 8.25. The zero-order valence-electron chi connectivity index (χ0n) is 20.6. The van der Waals surface area contributed by atoms with Crippen molar-refractivity contribution in [2.24, 2.45) is 0 Å². The van der Waals surface area contributed by atoms with Gasteiger partial charge in [0, 0.05) is 18.0 Å². The number of carbonyl (C=O) groups excluding carboxylic acids is 2. The van der Waals surface area contributed by atoms with E-state index < -0.39 is 65.7 Å². The van der Waals surface area contributed by atoms with Crippen molar-refractivity contribution in [2.45, 2.75) is 67.2 Å². The number of likely N-dealkylation sites (tertiary alicyclic amines) is 1. The highest BCUT2D eigenvalue weighted by Gasteiger charge is 2.72. The number of phenols is 1. The number of aliphatic carboxylic acids is 2. The molecule has 2 aliphatic carbocycles. The number of rotatable bonds is 8. The molecule has 1 aromatic rings.